The van der Waals surface area contributed by atoms with Crippen LogP contribution >= 0.6 is 0 Å². The van der Waals surface area contributed by atoms with E-state index in [0.29, 0.717) is 22.3 Å². The second kappa shape index (κ2) is 8.66. The van der Waals surface area contributed by atoms with Crippen LogP contribution in [0.1, 0.15) is 12.7 Å². The van der Waals surface area contributed by atoms with E-state index in [1.807, 2.05) is 30.3 Å². The number of furan rings is 1. The number of ether oxygens (including phenoxy) is 2. The first-order valence-corrected chi connectivity index (χ1v) is 8.41. The SMILES string of the molecule is CC(C#Cc1ccc(Oc2ccc(Oc3ccccc3)cc2)o1)N(O)C(N)=O. The molecule has 0 bridgehead atoms. The van der Waals surface area contributed by atoms with Crippen LogP contribution in [0.5, 0.6) is 23.2 Å². The number of amides is 2. The van der Waals surface area contributed by atoms with Gasteiger partial charge in [0, 0.05) is 6.07 Å². The molecule has 3 rings (SSSR count). The molecule has 28 heavy (non-hydrogen) atoms. The Balaban J connectivity index is 1.60. The van der Waals surface area contributed by atoms with E-state index >= 15 is 0 Å². The zero-order chi connectivity index (χ0) is 19.9. The molecule has 0 saturated carbocycles. The fourth-order valence-electron chi connectivity index (χ4n) is 2.19. The second-order valence-corrected chi connectivity index (χ2v) is 5.74. The Bertz CT molecular complexity index is 987. The molecule has 1 atom stereocenters. The Morgan fingerprint density at radius 2 is 1.61 bits per heavy atom. The predicted octanol–water partition coefficient (Wildman–Crippen LogP) is 4.37. The first-order valence-electron chi connectivity index (χ1n) is 8.41. The molecule has 0 fully saturated rings. The van der Waals surface area contributed by atoms with Gasteiger partial charge in [0.25, 0.3) is 5.95 Å². The van der Waals surface area contributed by atoms with Crippen molar-refractivity contribution in [3.63, 3.8) is 0 Å². The molecular weight excluding hydrogens is 360 g/mol. The number of urea groups is 1. The standard InChI is InChI=1S/C21H18N2O5/c1-15(23(25)21(22)24)7-8-18-13-14-20(27-18)28-19-11-9-17(10-12-19)26-16-5-3-2-4-6-16/h2-6,9-15,25H,1H3,(H2,22,24). The lowest BCUT2D eigenvalue weighted by Gasteiger charge is -2.14. The van der Waals surface area contributed by atoms with E-state index in [0.717, 1.165) is 5.75 Å². The van der Waals surface area contributed by atoms with Crippen LogP contribution in [-0.4, -0.2) is 22.3 Å². The quantitative estimate of drug-likeness (QED) is 0.390. The molecule has 2 aromatic carbocycles. The molecule has 2 amide bonds. The van der Waals surface area contributed by atoms with Crippen LogP contribution < -0.4 is 15.2 Å². The third-order valence-corrected chi connectivity index (χ3v) is 3.60. The highest BCUT2D eigenvalue weighted by Crippen LogP contribution is 2.27. The van der Waals surface area contributed by atoms with Crippen LogP contribution in [0.25, 0.3) is 0 Å². The Kier molecular flexibility index (Phi) is 5.84. The third kappa shape index (κ3) is 5.06. The smallest absolute Gasteiger partial charge is 0.339 e. The van der Waals surface area contributed by atoms with Gasteiger partial charge >= 0.3 is 6.03 Å². The molecule has 0 aliphatic carbocycles. The molecule has 7 heteroatoms. The molecule has 3 aromatic rings. The van der Waals surface area contributed by atoms with Gasteiger partial charge in [-0.15, -0.1) is 0 Å². The number of para-hydroxylation sites is 1. The van der Waals surface area contributed by atoms with E-state index in [4.69, 9.17) is 19.6 Å². The van der Waals surface area contributed by atoms with Crippen molar-refractivity contribution in [3.05, 3.63) is 72.5 Å². The molecule has 0 aliphatic heterocycles. The van der Waals surface area contributed by atoms with Gasteiger partial charge in [-0.3, -0.25) is 5.21 Å². The number of hydroxylamine groups is 2. The van der Waals surface area contributed by atoms with E-state index in [2.05, 4.69) is 11.8 Å². The Morgan fingerprint density at radius 3 is 2.25 bits per heavy atom. The maximum absolute atomic E-state index is 10.9. The molecule has 0 aliphatic rings. The van der Waals surface area contributed by atoms with Crippen LogP contribution in [0, 0.1) is 11.8 Å². The number of hydrogen-bond donors (Lipinski definition) is 2. The summed E-state index contributed by atoms with van der Waals surface area (Å²) in [5, 5.41) is 9.72. The average Bonchev–Trinajstić information content (AvgIpc) is 3.15. The van der Waals surface area contributed by atoms with Gasteiger partial charge in [0.15, 0.2) is 5.76 Å². The van der Waals surface area contributed by atoms with Crippen LogP contribution in [0.3, 0.4) is 0 Å². The van der Waals surface area contributed by atoms with E-state index in [-0.39, 0.29) is 5.95 Å². The lowest BCUT2D eigenvalue weighted by atomic mass is 10.3. The number of nitrogens with zero attached hydrogens (tertiary/aromatic N) is 1. The first-order chi connectivity index (χ1) is 13.5. The van der Waals surface area contributed by atoms with Crippen LogP contribution in [0.15, 0.2) is 71.1 Å². The van der Waals surface area contributed by atoms with Crippen molar-refractivity contribution >= 4 is 6.03 Å². The fourth-order valence-corrected chi connectivity index (χ4v) is 2.19. The summed E-state index contributed by atoms with van der Waals surface area (Å²) in [5.41, 5.74) is 4.97. The third-order valence-electron chi connectivity index (χ3n) is 3.60. The number of nitrogens with two attached hydrogens (primary N) is 1. The number of hydrogen-bond acceptors (Lipinski definition) is 5. The van der Waals surface area contributed by atoms with E-state index in [1.54, 1.807) is 36.4 Å². The van der Waals surface area contributed by atoms with Crippen LogP contribution in [0.4, 0.5) is 4.79 Å². The van der Waals surface area contributed by atoms with Gasteiger partial charge < -0.3 is 19.6 Å². The van der Waals surface area contributed by atoms with Crippen molar-refractivity contribution in [2.24, 2.45) is 5.73 Å². The average molecular weight is 378 g/mol. The summed E-state index contributed by atoms with van der Waals surface area (Å²) < 4.78 is 16.8. The maximum Gasteiger partial charge on any atom is 0.339 e. The van der Waals surface area contributed by atoms with Crippen molar-refractivity contribution < 1.29 is 23.9 Å². The second-order valence-electron chi connectivity index (χ2n) is 5.74. The van der Waals surface area contributed by atoms with Crippen molar-refractivity contribution in [2.45, 2.75) is 13.0 Å². The topological polar surface area (TPSA) is 98.2 Å². The summed E-state index contributed by atoms with van der Waals surface area (Å²) in [6.07, 6.45) is 0. The van der Waals surface area contributed by atoms with Crippen LogP contribution in [-0.2, 0) is 0 Å². The summed E-state index contributed by atoms with van der Waals surface area (Å²) in [7, 11) is 0. The van der Waals surface area contributed by atoms with Gasteiger partial charge in [0.1, 0.15) is 23.3 Å². The molecule has 1 unspecified atom stereocenters. The summed E-state index contributed by atoms with van der Waals surface area (Å²) in [6, 6.07) is 18.0. The van der Waals surface area contributed by atoms with Gasteiger partial charge in [-0.1, -0.05) is 24.1 Å². The van der Waals surface area contributed by atoms with Gasteiger partial charge in [-0.05, 0) is 55.3 Å². The van der Waals surface area contributed by atoms with Crippen molar-refractivity contribution in [1.29, 1.82) is 0 Å². The van der Waals surface area contributed by atoms with Gasteiger partial charge in [-0.2, -0.15) is 5.06 Å². The molecule has 0 spiro atoms. The molecule has 7 nitrogen and oxygen atoms in total. The van der Waals surface area contributed by atoms with E-state index in [1.165, 1.54) is 6.92 Å². The number of carbonyl (C=O) groups is 1. The molecule has 0 radical (unpaired) electrons. The zero-order valence-corrected chi connectivity index (χ0v) is 15.0. The van der Waals surface area contributed by atoms with E-state index < -0.39 is 12.1 Å². The Hall–Kier alpha value is -3.89. The number of primary amides is 1. The number of rotatable bonds is 5. The number of carbonyl (C=O) groups excluding carboxylic acids is 1. The summed E-state index contributed by atoms with van der Waals surface area (Å²) in [5.74, 6) is 7.92. The van der Waals surface area contributed by atoms with Crippen LogP contribution in [0.2, 0.25) is 0 Å². The minimum absolute atomic E-state index is 0.254. The molecule has 0 saturated heterocycles. The van der Waals surface area contributed by atoms with Gasteiger partial charge in [0.2, 0.25) is 0 Å². The highest BCUT2D eigenvalue weighted by Gasteiger charge is 2.12. The minimum Gasteiger partial charge on any atom is -0.457 e. The first kappa shape index (κ1) is 18.9. The van der Waals surface area contributed by atoms with Crippen molar-refractivity contribution in [3.8, 4) is 35.0 Å². The highest BCUT2D eigenvalue weighted by atomic mass is 16.6. The fraction of sp³-hybridized carbons (Fsp3) is 0.0952. The zero-order valence-electron chi connectivity index (χ0n) is 15.0. The Morgan fingerprint density at radius 1 is 1.00 bits per heavy atom. The molecule has 1 aromatic heterocycles. The predicted molar refractivity (Wildman–Crippen MR) is 101 cm³/mol. The monoisotopic (exact) mass is 378 g/mol. The highest BCUT2D eigenvalue weighted by molar-refractivity contribution is 5.71. The summed E-state index contributed by atoms with van der Waals surface area (Å²) in [6.45, 7) is 1.52. The van der Waals surface area contributed by atoms with E-state index in [9.17, 15) is 10.0 Å². The molecule has 3 N–H and O–H groups in total. The van der Waals surface area contributed by atoms with Crippen molar-refractivity contribution in [2.75, 3.05) is 0 Å². The molecular formula is C21H18N2O5. The summed E-state index contributed by atoms with van der Waals surface area (Å²) >= 11 is 0. The van der Waals surface area contributed by atoms with Gasteiger partial charge in [0.05, 0.1) is 0 Å². The number of benzene rings is 2. The Labute approximate surface area is 161 Å². The lowest BCUT2D eigenvalue weighted by Crippen LogP contribution is -2.38. The normalized spacial score (nSPS) is 11.1. The summed E-state index contributed by atoms with van der Waals surface area (Å²) in [4.78, 5) is 10.9. The maximum atomic E-state index is 10.9. The molecule has 142 valence electrons. The van der Waals surface area contributed by atoms with Gasteiger partial charge in [-0.25, -0.2) is 4.79 Å². The lowest BCUT2D eigenvalue weighted by molar-refractivity contribution is -0.0536. The largest absolute Gasteiger partial charge is 0.457 e. The molecule has 1 heterocycles. The van der Waals surface area contributed by atoms with Crippen molar-refractivity contribution in [1.82, 2.24) is 5.06 Å². The minimum atomic E-state index is -0.982.